The van der Waals surface area contributed by atoms with Crippen LogP contribution in [0.3, 0.4) is 0 Å². The van der Waals surface area contributed by atoms with Gasteiger partial charge in [0.15, 0.2) is 0 Å². The van der Waals surface area contributed by atoms with Crippen LogP contribution in [0.1, 0.15) is 11.1 Å². The minimum absolute atomic E-state index is 0.117. The number of hydrogen-bond acceptors (Lipinski definition) is 2. The lowest BCUT2D eigenvalue weighted by Crippen LogP contribution is -1.86. The largest absolute Gasteiger partial charge is 0.392 e. The van der Waals surface area contributed by atoms with Crippen molar-refractivity contribution in [3.63, 3.8) is 0 Å². The standard InChI is InChI=1S/C12H12OS/c1-9-7-10(8-13)4-5-11(9)12-3-2-6-14-12/h2-7,13H,8H2,1H3. The van der Waals surface area contributed by atoms with Crippen LogP contribution in [0.2, 0.25) is 0 Å². The van der Waals surface area contributed by atoms with E-state index in [9.17, 15) is 0 Å². The van der Waals surface area contributed by atoms with Gasteiger partial charge < -0.3 is 5.11 Å². The molecule has 0 aliphatic rings. The van der Waals surface area contributed by atoms with Gasteiger partial charge >= 0.3 is 0 Å². The van der Waals surface area contributed by atoms with Gasteiger partial charge in [-0.3, -0.25) is 0 Å². The Bertz CT molecular complexity index is 418. The van der Waals surface area contributed by atoms with Crippen molar-refractivity contribution in [2.75, 3.05) is 0 Å². The van der Waals surface area contributed by atoms with Gasteiger partial charge in [-0.25, -0.2) is 0 Å². The number of aliphatic hydroxyl groups excluding tert-OH is 1. The summed E-state index contributed by atoms with van der Waals surface area (Å²) < 4.78 is 0. The molecule has 0 spiro atoms. The fraction of sp³-hybridized carbons (Fsp3) is 0.167. The smallest absolute Gasteiger partial charge is 0.0681 e. The fourth-order valence-electron chi connectivity index (χ4n) is 1.53. The number of aryl methyl sites for hydroxylation is 1. The summed E-state index contributed by atoms with van der Waals surface area (Å²) in [6, 6.07) is 10.3. The average Bonchev–Trinajstić information content (AvgIpc) is 2.70. The van der Waals surface area contributed by atoms with Crippen molar-refractivity contribution in [3.8, 4) is 10.4 Å². The minimum atomic E-state index is 0.117. The molecule has 2 rings (SSSR count). The predicted octanol–water partition coefficient (Wildman–Crippen LogP) is 3.22. The van der Waals surface area contributed by atoms with Crippen LogP contribution in [-0.4, -0.2) is 5.11 Å². The van der Waals surface area contributed by atoms with E-state index in [2.05, 4.69) is 30.5 Å². The van der Waals surface area contributed by atoms with Gasteiger partial charge in [-0.05, 0) is 35.1 Å². The number of aliphatic hydroxyl groups is 1. The highest BCUT2D eigenvalue weighted by Crippen LogP contribution is 2.28. The lowest BCUT2D eigenvalue weighted by Gasteiger charge is -2.04. The zero-order valence-electron chi connectivity index (χ0n) is 8.03. The maximum atomic E-state index is 8.99. The zero-order chi connectivity index (χ0) is 9.97. The second kappa shape index (κ2) is 3.95. The van der Waals surface area contributed by atoms with Gasteiger partial charge in [0.25, 0.3) is 0 Å². The molecule has 0 fully saturated rings. The molecule has 0 unspecified atom stereocenters. The maximum absolute atomic E-state index is 8.99. The number of thiophene rings is 1. The van der Waals surface area contributed by atoms with E-state index in [-0.39, 0.29) is 6.61 Å². The number of benzene rings is 1. The molecule has 2 aromatic rings. The van der Waals surface area contributed by atoms with Crippen molar-refractivity contribution in [1.82, 2.24) is 0 Å². The highest BCUT2D eigenvalue weighted by atomic mass is 32.1. The molecule has 0 saturated heterocycles. The van der Waals surface area contributed by atoms with Crippen molar-refractivity contribution < 1.29 is 5.11 Å². The normalized spacial score (nSPS) is 10.4. The Morgan fingerprint density at radius 2 is 2.14 bits per heavy atom. The van der Waals surface area contributed by atoms with Crippen LogP contribution in [0.5, 0.6) is 0 Å². The molecule has 1 N–H and O–H groups in total. The Balaban J connectivity index is 2.46. The van der Waals surface area contributed by atoms with Gasteiger partial charge in [0.2, 0.25) is 0 Å². The van der Waals surface area contributed by atoms with E-state index < -0.39 is 0 Å². The van der Waals surface area contributed by atoms with E-state index in [1.807, 2.05) is 12.1 Å². The van der Waals surface area contributed by atoms with Crippen molar-refractivity contribution in [2.24, 2.45) is 0 Å². The summed E-state index contributed by atoms with van der Waals surface area (Å²) in [5.41, 5.74) is 3.46. The first kappa shape index (κ1) is 9.44. The van der Waals surface area contributed by atoms with Crippen molar-refractivity contribution >= 4 is 11.3 Å². The number of hydrogen-bond donors (Lipinski definition) is 1. The van der Waals surface area contributed by atoms with Gasteiger partial charge in [0.1, 0.15) is 0 Å². The van der Waals surface area contributed by atoms with Crippen molar-refractivity contribution in [3.05, 3.63) is 46.8 Å². The van der Waals surface area contributed by atoms with Gasteiger partial charge in [0.05, 0.1) is 6.61 Å². The lowest BCUT2D eigenvalue weighted by molar-refractivity contribution is 0.282. The Morgan fingerprint density at radius 3 is 2.71 bits per heavy atom. The van der Waals surface area contributed by atoms with E-state index >= 15 is 0 Å². The minimum Gasteiger partial charge on any atom is -0.392 e. The molecule has 1 heterocycles. The predicted molar refractivity (Wildman–Crippen MR) is 60.4 cm³/mol. The summed E-state index contributed by atoms with van der Waals surface area (Å²) >= 11 is 1.74. The third-order valence-electron chi connectivity index (χ3n) is 2.26. The van der Waals surface area contributed by atoms with Crippen molar-refractivity contribution in [1.29, 1.82) is 0 Å². The molecule has 0 amide bonds. The van der Waals surface area contributed by atoms with Crippen LogP contribution in [0.15, 0.2) is 35.7 Å². The fourth-order valence-corrected chi connectivity index (χ4v) is 2.35. The molecule has 0 radical (unpaired) electrons. The zero-order valence-corrected chi connectivity index (χ0v) is 8.84. The molecule has 72 valence electrons. The molecule has 0 aliphatic heterocycles. The Morgan fingerprint density at radius 1 is 1.29 bits per heavy atom. The molecule has 0 atom stereocenters. The topological polar surface area (TPSA) is 20.2 Å². The van der Waals surface area contributed by atoms with Gasteiger partial charge in [-0.1, -0.05) is 24.3 Å². The summed E-state index contributed by atoms with van der Waals surface area (Å²) in [6.07, 6.45) is 0. The summed E-state index contributed by atoms with van der Waals surface area (Å²) in [5.74, 6) is 0. The molecule has 0 bridgehead atoms. The first-order chi connectivity index (χ1) is 6.81. The molecule has 0 saturated carbocycles. The van der Waals surface area contributed by atoms with Gasteiger partial charge in [0, 0.05) is 4.88 Å². The monoisotopic (exact) mass is 204 g/mol. The average molecular weight is 204 g/mol. The number of rotatable bonds is 2. The third kappa shape index (κ3) is 1.72. The van der Waals surface area contributed by atoms with E-state index in [1.165, 1.54) is 16.0 Å². The van der Waals surface area contributed by atoms with Crippen LogP contribution in [0.25, 0.3) is 10.4 Å². The second-order valence-corrected chi connectivity index (χ2v) is 4.23. The summed E-state index contributed by atoms with van der Waals surface area (Å²) in [4.78, 5) is 1.28. The third-order valence-corrected chi connectivity index (χ3v) is 3.16. The highest BCUT2D eigenvalue weighted by Gasteiger charge is 2.02. The van der Waals surface area contributed by atoms with Crippen molar-refractivity contribution in [2.45, 2.75) is 13.5 Å². The van der Waals surface area contributed by atoms with E-state index in [1.54, 1.807) is 11.3 Å². The quantitative estimate of drug-likeness (QED) is 0.796. The van der Waals surface area contributed by atoms with E-state index in [0.717, 1.165) is 5.56 Å². The van der Waals surface area contributed by atoms with Crippen LogP contribution >= 0.6 is 11.3 Å². The Kier molecular flexibility index (Phi) is 2.66. The molecule has 1 nitrogen and oxygen atoms in total. The molecule has 0 aliphatic carbocycles. The summed E-state index contributed by atoms with van der Waals surface area (Å²) in [7, 11) is 0. The lowest BCUT2D eigenvalue weighted by atomic mass is 10.0. The molecular weight excluding hydrogens is 192 g/mol. The first-order valence-electron chi connectivity index (χ1n) is 4.55. The molecule has 2 heteroatoms. The molecule has 1 aromatic heterocycles. The summed E-state index contributed by atoms with van der Waals surface area (Å²) in [6.45, 7) is 2.19. The highest BCUT2D eigenvalue weighted by molar-refractivity contribution is 7.13. The molecule has 1 aromatic carbocycles. The van der Waals surface area contributed by atoms with Crippen LogP contribution in [-0.2, 0) is 6.61 Å². The van der Waals surface area contributed by atoms with Gasteiger partial charge in [-0.15, -0.1) is 11.3 Å². The summed E-state index contributed by atoms with van der Waals surface area (Å²) in [5, 5.41) is 11.1. The first-order valence-corrected chi connectivity index (χ1v) is 5.43. The molecule has 14 heavy (non-hydrogen) atoms. The van der Waals surface area contributed by atoms with Crippen LogP contribution in [0, 0.1) is 6.92 Å². The Hall–Kier alpha value is -1.12. The Labute approximate surface area is 87.7 Å². The van der Waals surface area contributed by atoms with Gasteiger partial charge in [-0.2, -0.15) is 0 Å². The van der Waals surface area contributed by atoms with Crippen LogP contribution in [0.4, 0.5) is 0 Å². The van der Waals surface area contributed by atoms with E-state index in [4.69, 9.17) is 5.11 Å². The SMILES string of the molecule is Cc1cc(CO)ccc1-c1cccs1. The molecular formula is C12H12OS. The van der Waals surface area contributed by atoms with E-state index in [0.29, 0.717) is 0 Å². The second-order valence-electron chi connectivity index (χ2n) is 3.28. The van der Waals surface area contributed by atoms with Crippen LogP contribution < -0.4 is 0 Å². The maximum Gasteiger partial charge on any atom is 0.0681 e.